The minimum absolute atomic E-state index is 0.0276. The molecule has 0 spiro atoms. The van der Waals surface area contributed by atoms with E-state index in [0.29, 0.717) is 46.8 Å². The Bertz CT molecular complexity index is 1580. The molecule has 0 unspecified atom stereocenters. The number of carbonyl (C=O) groups excluding carboxylic acids is 3. The lowest BCUT2D eigenvalue weighted by atomic mass is 10.1. The van der Waals surface area contributed by atoms with E-state index in [9.17, 15) is 22.8 Å². The van der Waals surface area contributed by atoms with Gasteiger partial charge in [0.25, 0.3) is 5.91 Å². The number of nitrogens with zero attached hydrogens (tertiary/aromatic N) is 3. The molecular formula is C26H29ClN4O7S2. The molecule has 1 fully saturated rings. The van der Waals surface area contributed by atoms with E-state index in [2.05, 4.69) is 4.98 Å². The molecule has 14 heteroatoms. The third kappa shape index (κ3) is 6.83. The zero-order valence-corrected chi connectivity index (χ0v) is 24.7. The first-order chi connectivity index (χ1) is 18.6. The number of urea groups is 1. The van der Waals surface area contributed by atoms with Gasteiger partial charge in [-0.25, -0.2) is 27.9 Å². The summed E-state index contributed by atoms with van der Waals surface area (Å²) in [6, 6.07) is 7.75. The molecular weight excluding hydrogens is 580 g/mol. The van der Waals surface area contributed by atoms with Crippen LogP contribution in [-0.4, -0.2) is 67.4 Å². The summed E-state index contributed by atoms with van der Waals surface area (Å²) in [5, 5.41) is 0.0406. The molecule has 40 heavy (non-hydrogen) atoms. The van der Waals surface area contributed by atoms with Gasteiger partial charge in [-0.15, -0.1) is 0 Å². The highest BCUT2D eigenvalue weighted by molar-refractivity contribution is 7.90. The Hall–Kier alpha value is -3.42. The summed E-state index contributed by atoms with van der Waals surface area (Å²) in [5.41, 5.74) is 5.35. The van der Waals surface area contributed by atoms with Gasteiger partial charge in [0.1, 0.15) is 17.5 Å². The van der Waals surface area contributed by atoms with Gasteiger partial charge in [0.15, 0.2) is 9.84 Å². The van der Waals surface area contributed by atoms with Crippen LogP contribution in [0.15, 0.2) is 41.3 Å². The van der Waals surface area contributed by atoms with Gasteiger partial charge in [-0.3, -0.25) is 4.79 Å². The van der Waals surface area contributed by atoms with Crippen molar-refractivity contribution in [3.63, 3.8) is 0 Å². The smallest absolute Gasteiger partial charge is 0.410 e. The molecule has 2 N–H and O–H groups in total. The number of rotatable bonds is 5. The van der Waals surface area contributed by atoms with Crippen molar-refractivity contribution in [2.75, 3.05) is 24.2 Å². The Morgan fingerprint density at radius 2 is 1.80 bits per heavy atom. The summed E-state index contributed by atoms with van der Waals surface area (Å²) in [6.07, 6.45) is 1.60. The average molecular weight is 609 g/mol. The molecule has 1 aromatic heterocycles. The molecule has 4 rings (SSSR count). The SMILES string of the molecule is CC(C)(C)OC(=O)N1CCC(Oc2ccc(Cl)c(C(=O)N(C(N)=O)c3nc4ccc(S(C)(=O)=O)cc4s3)c2)CC1. The number of nitrogens with two attached hydrogens (primary N) is 1. The van der Waals surface area contributed by atoms with E-state index >= 15 is 0 Å². The Morgan fingerprint density at radius 3 is 2.40 bits per heavy atom. The van der Waals surface area contributed by atoms with Crippen molar-refractivity contribution in [3.05, 3.63) is 47.0 Å². The van der Waals surface area contributed by atoms with E-state index in [0.717, 1.165) is 17.6 Å². The van der Waals surface area contributed by atoms with Gasteiger partial charge in [-0.1, -0.05) is 22.9 Å². The Kier molecular flexibility index (Phi) is 8.29. The van der Waals surface area contributed by atoms with Gasteiger partial charge in [-0.05, 0) is 57.2 Å². The van der Waals surface area contributed by atoms with Gasteiger partial charge >= 0.3 is 12.1 Å². The highest BCUT2D eigenvalue weighted by Crippen LogP contribution is 2.33. The average Bonchev–Trinajstić information content (AvgIpc) is 3.26. The zero-order valence-electron chi connectivity index (χ0n) is 22.3. The molecule has 11 nitrogen and oxygen atoms in total. The van der Waals surface area contributed by atoms with E-state index in [1.807, 2.05) is 20.8 Å². The maximum absolute atomic E-state index is 13.5. The van der Waals surface area contributed by atoms with Gasteiger partial charge in [-0.2, -0.15) is 0 Å². The number of imide groups is 1. The van der Waals surface area contributed by atoms with Gasteiger partial charge < -0.3 is 20.1 Å². The van der Waals surface area contributed by atoms with Crippen LogP contribution >= 0.6 is 22.9 Å². The Labute approximate surface area is 240 Å². The van der Waals surface area contributed by atoms with Crippen LogP contribution in [0, 0.1) is 0 Å². The number of carbonyl (C=O) groups is 3. The maximum Gasteiger partial charge on any atom is 0.410 e. The van der Waals surface area contributed by atoms with E-state index in [4.69, 9.17) is 26.8 Å². The monoisotopic (exact) mass is 608 g/mol. The minimum Gasteiger partial charge on any atom is -0.490 e. The van der Waals surface area contributed by atoms with Crippen LogP contribution in [0.4, 0.5) is 14.7 Å². The highest BCUT2D eigenvalue weighted by atomic mass is 35.5. The second-order valence-corrected chi connectivity index (χ2v) is 13.7. The minimum atomic E-state index is -3.47. The van der Waals surface area contributed by atoms with Crippen molar-refractivity contribution in [1.29, 1.82) is 0 Å². The number of hydrogen-bond donors (Lipinski definition) is 1. The molecule has 4 amide bonds. The number of halogens is 1. The summed E-state index contributed by atoms with van der Waals surface area (Å²) in [7, 11) is -3.47. The van der Waals surface area contributed by atoms with Crippen molar-refractivity contribution < 1.29 is 32.3 Å². The molecule has 1 saturated heterocycles. The third-order valence-electron chi connectivity index (χ3n) is 5.96. The van der Waals surface area contributed by atoms with E-state index in [1.165, 1.54) is 30.3 Å². The summed E-state index contributed by atoms with van der Waals surface area (Å²) in [4.78, 5) is 44.9. The van der Waals surface area contributed by atoms with Crippen LogP contribution in [0.2, 0.25) is 5.02 Å². The molecule has 1 aliphatic rings. The maximum atomic E-state index is 13.5. The molecule has 0 saturated carbocycles. The van der Waals surface area contributed by atoms with Crippen LogP contribution in [-0.2, 0) is 14.6 Å². The quantitative estimate of drug-likeness (QED) is 0.432. The van der Waals surface area contributed by atoms with Gasteiger partial charge in [0, 0.05) is 32.2 Å². The van der Waals surface area contributed by atoms with E-state index in [1.54, 1.807) is 11.0 Å². The molecule has 0 aliphatic carbocycles. The molecule has 1 aliphatic heterocycles. The first-order valence-electron chi connectivity index (χ1n) is 12.3. The number of sulfone groups is 1. The summed E-state index contributed by atoms with van der Waals surface area (Å²) >= 11 is 7.27. The number of piperidine rings is 1. The van der Waals surface area contributed by atoms with Gasteiger partial charge in [0.2, 0.25) is 5.13 Å². The van der Waals surface area contributed by atoms with Crippen molar-refractivity contribution in [2.24, 2.45) is 5.73 Å². The predicted octanol–water partition coefficient (Wildman–Crippen LogP) is 4.86. The Morgan fingerprint density at radius 1 is 1.12 bits per heavy atom. The van der Waals surface area contributed by atoms with E-state index < -0.39 is 27.4 Å². The summed E-state index contributed by atoms with van der Waals surface area (Å²) < 4.78 is 35.8. The number of hydrogen-bond acceptors (Lipinski definition) is 9. The molecule has 0 radical (unpaired) electrons. The fourth-order valence-electron chi connectivity index (χ4n) is 4.04. The number of amides is 4. The van der Waals surface area contributed by atoms with Crippen molar-refractivity contribution in [2.45, 2.75) is 50.2 Å². The number of primary amides is 1. The lowest BCUT2D eigenvalue weighted by Gasteiger charge is -2.33. The van der Waals surface area contributed by atoms with Gasteiger partial charge in [0.05, 0.1) is 25.7 Å². The standard InChI is InChI=1S/C26H29ClN4O7S2/c1-26(2,3)38-25(34)30-11-9-15(10-12-30)37-16-5-7-19(27)18(13-16)22(32)31(23(28)33)24-29-20-8-6-17(40(4,35)36)14-21(20)39-24/h5-8,13-15H,9-12H2,1-4H3,(H2,28,33). The highest BCUT2D eigenvalue weighted by Gasteiger charge is 2.30. The molecule has 0 bridgehead atoms. The number of fused-ring (bicyclic) bond motifs is 1. The van der Waals surface area contributed by atoms with Crippen LogP contribution in [0.3, 0.4) is 0 Å². The summed E-state index contributed by atoms with van der Waals surface area (Å²) in [5.74, 6) is -0.458. The largest absolute Gasteiger partial charge is 0.490 e. The lowest BCUT2D eigenvalue weighted by Crippen LogP contribution is -2.44. The normalized spacial score (nSPS) is 14.7. The zero-order chi connectivity index (χ0) is 29.4. The second kappa shape index (κ2) is 11.2. The van der Waals surface area contributed by atoms with Crippen molar-refractivity contribution in [1.82, 2.24) is 9.88 Å². The Balaban J connectivity index is 1.52. The fourth-order valence-corrected chi connectivity index (χ4v) is 5.97. The first-order valence-corrected chi connectivity index (χ1v) is 15.4. The first kappa shape index (κ1) is 29.6. The number of benzene rings is 2. The summed E-state index contributed by atoms with van der Waals surface area (Å²) in [6.45, 7) is 6.33. The number of anilines is 1. The van der Waals surface area contributed by atoms with Crippen molar-refractivity contribution >= 4 is 66.2 Å². The number of aromatic nitrogens is 1. The number of likely N-dealkylation sites (tertiary alicyclic amines) is 1. The second-order valence-electron chi connectivity index (χ2n) is 10.3. The van der Waals surface area contributed by atoms with E-state index in [-0.39, 0.29) is 32.8 Å². The molecule has 0 atom stereocenters. The van der Waals surface area contributed by atoms with Crippen LogP contribution < -0.4 is 15.4 Å². The van der Waals surface area contributed by atoms with Crippen LogP contribution in [0.5, 0.6) is 5.75 Å². The molecule has 2 heterocycles. The fraction of sp³-hybridized carbons (Fsp3) is 0.385. The molecule has 2 aromatic carbocycles. The molecule has 214 valence electrons. The number of thiazole rings is 1. The van der Waals surface area contributed by atoms with Crippen molar-refractivity contribution in [3.8, 4) is 5.75 Å². The number of ether oxygens (including phenoxy) is 2. The topological polar surface area (TPSA) is 149 Å². The lowest BCUT2D eigenvalue weighted by molar-refractivity contribution is 0.0126. The molecule has 3 aromatic rings. The third-order valence-corrected chi connectivity index (χ3v) is 8.40. The van der Waals surface area contributed by atoms with Crippen LogP contribution in [0.25, 0.3) is 10.2 Å². The predicted molar refractivity (Wildman–Crippen MR) is 152 cm³/mol. The van der Waals surface area contributed by atoms with Crippen LogP contribution in [0.1, 0.15) is 44.0 Å².